The number of aromatic nitrogens is 3. The van der Waals surface area contributed by atoms with E-state index in [1.165, 1.54) is 5.56 Å². The maximum atomic E-state index is 6.08. The van der Waals surface area contributed by atoms with Crippen LogP contribution in [0.1, 0.15) is 28.7 Å². The van der Waals surface area contributed by atoms with E-state index < -0.39 is 0 Å². The average Bonchev–Trinajstić information content (AvgIpc) is 2.84. The number of thiazole rings is 1. The van der Waals surface area contributed by atoms with Crippen LogP contribution < -0.4 is 5.73 Å². The summed E-state index contributed by atoms with van der Waals surface area (Å²) in [6.07, 6.45) is 5.78. The second-order valence-corrected chi connectivity index (χ2v) is 5.02. The summed E-state index contributed by atoms with van der Waals surface area (Å²) in [5.41, 5.74) is 8.31. The first kappa shape index (κ1) is 11.3. The second-order valence-electron chi connectivity index (χ2n) is 3.96. The van der Waals surface area contributed by atoms with Crippen LogP contribution in [-0.4, -0.2) is 14.8 Å². The Morgan fingerprint density at radius 1 is 1.56 bits per heavy atom. The molecule has 16 heavy (non-hydrogen) atoms. The van der Waals surface area contributed by atoms with Crippen LogP contribution in [-0.2, 0) is 13.5 Å². The van der Waals surface area contributed by atoms with Gasteiger partial charge in [-0.3, -0.25) is 4.68 Å². The Morgan fingerprint density at radius 2 is 2.38 bits per heavy atom. The Morgan fingerprint density at radius 3 is 2.94 bits per heavy atom. The standard InChI is InChI=1S/C11H16N4S/c1-8-14-11(7-16-8)10(12)4-3-9-5-13-15(2)6-9/h5-7,10H,3-4,12H2,1-2H3. The molecule has 0 aliphatic carbocycles. The summed E-state index contributed by atoms with van der Waals surface area (Å²) in [7, 11) is 1.92. The molecule has 0 bridgehead atoms. The minimum absolute atomic E-state index is 0.0326. The van der Waals surface area contributed by atoms with Gasteiger partial charge in [-0.05, 0) is 25.3 Å². The predicted octanol–water partition coefficient (Wildman–Crippen LogP) is 1.82. The molecule has 5 heteroatoms. The molecule has 0 aliphatic rings. The molecule has 0 aliphatic heterocycles. The summed E-state index contributed by atoms with van der Waals surface area (Å²) in [6, 6.07) is 0.0326. The molecule has 2 heterocycles. The Balaban J connectivity index is 1.91. The first-order chi connectivity index (χ1) is 7.65. The van der Waals surface area contributed by atoms with E-state index >= 15 is 0 Å². The Hall–Kier alpha value is -1.20. The summed E-state index contributed by atoms with van der Waals surface area (Å²) in [6.45, 7) is 2.00. The smallest absolute Gasteiger partial charge is 0.0898 e. The van der Waals surface area contributed by atoms with E-state index in [-0.39, 0.29) is 6.04 Å². The van der Waals surface area contributed by atoms with Crippen molar-refractivity contribution < 1.29 is 0 Å². The minimum Gasteiger partial charge on any atom is -0.323 e. The number of hydrogen-bond donors (Lipinski definition) is 1. The van der Waals surface area contributed by atoms with Gasteiger partial charge in [-0.2, -0.15) is 5.10 Å². The van der Waals surface area contributed by atoms with Gasteiger partial charge in [0.2, 0.25) is 0 Å². The molecule has 2 N–H and O–H groups in total. The van der Waals surface area contributed by atoms with Crippen molar-refractivity contribution in [2.75, 3.05) is 0 Å². The van der Waals surface area contributed by atoms with Crippen LogP contribution in [0.15, 0.2) is 17.8 Å². The maximum Gasteiger partial charge on any atom is 0.0898 e. The van der Waals surface area contributed by atoms with Gasteiger partial charge in [0.25, 0.3) is 0 Å². The average molecular weight is 236 g/mol. The van der Waals surface area contributed by atoms with Crippen LogP contribution in [0, 0.1) is 6.92 Å². The molecule has 0 radical (unpaired) electrons. The number of rotatable bonds is 4. The largest absolute Gasteiger partial charge is 0.323 e. The molecule has 0 spiro atoms. The van der Waals surface area contributed by atoms with E-state index in [1.807, 2.05) is 36.4 Å². The third-order valence-corrected chi connectivity index (χ3v) is 3.31. The molecule has 4 nitrogen and oxygen atoms in total. The molecule has 0 amide bonds. The molecule has 0 fully saturated rings. The highest BCUT2D eigenvalue weighted by molar-refractivity contribution is 7.09. The van der Waals surface area contributed by atoms with Crippen molar-refractivity contribution in [3.8, 4) is 0 Å². The first-order valence-electron chi connectivity index (χ1n) is 5.30. The number of nitrogens with zero attached hydrogens (tertiary/aromatic N) is 3. The molecule has 0 saturated heterocycles. The quantitative estimate of drug-likeness (QED) is 0.881. The van der Waals surface area contributed by atoms with Crippen LogP contribution >= 0.6 is 11.3 Å². The van der Waals surface area contributed by atoms with Crippen molar-refractivity contribution in [3.05, 3.63) is 34.0 Å². The van der Waals surface area contributed by atoms with E-state index in [4.69, 9.17) is 5.73 Å². The molecular weight excluding hydrogens is 220 g/mol. The van der Waals surface area contributed by atoms with E-state index in [9.17, 15) is 0 Å². The Labute approximate surface area is 99.1 Å². The summed E-state index contributed by atoms with van der Waals surface area (Å²) in [5.74, 6) is 0. The van der Waals surface area contributed by atoms with Crippen LogP contribution in [0.2, 0.25) is 0 Å². The molecule has 1 unspecified atom stereocenters. The molecule has 0 saturated carbocycles. The zero-order chi connectivity index (χ0) is 11.5. The van der Waals surface area contributed by atoms with Crippen LogP contribution in [0.4, 0.5) is 0 Å². The van der Waals surface area contributed by atoms with Crippen molar-refractivity contribution in [1.82, 2.24) is 14.8 Å². The van der Waals surface area contributed by atoms with Crippen LogP contribution in [0.3, 0.4) is 0 Å². The van der Waals surface area contributed by atoms with Gasteiger partial charge >= 0.3 is 0 Å². The fourth-order valence-electron chi connectivity index (χ4n) is 1.62. The van der Waals surface area contributed by atoms with Crippen molar-refractivity contribution in [1.29, 1.82) is 0 Å². The highest BCUT2D eigenvalue weighted by Gasteiger charge is 2.09. The normalized spacial score (nSPS) is 12.9. The molecule has 2 rings (SSSR count). The third kappa shape index (κ3) is 2.68. The second kappa shape index (κ2) is 4.76. The van der Waals surface area contributed by atoms with Gasteiger partial charge in [-0.25, -0.2) is 4.98 Å². The van der Waals surface area contributed by atoms with Crippen molar-refractivity contribution in [2.24, 2.45) is 12.8 Å². The molecular formula is C11H16N4S. The van der Waals surface area contributed by atoms with Gasteiger partial charge in [-0.15, -0.1) is 11.3 Å². The summed E-state index contributed by atoms with van der Waals surface area (Å²) in [5, 5.41) is 7.25. The lowest BCUT2D eigenvalue weighted by Gasteiger charge is -2.07. The molecule has 1 atom stereocenters. The van der Waals surface area contributed by atoms with E-state index in [0.29, 0.717) is 0 Å². The van der Waals surface area contributed by atoms with Crippen molar-refractivity contribution in [2.45, 2.75) is 25.8 Å². The number of nitrogens with two attached hydrogens (primary N) is 1. The van der Waals surface area contributed by atoms with Crippen molar-refractivity contribution in [3.63, 3.8) is 0 Å². The van der Waals surface area contributed by atoms with E-state index in [2.05, 4.69) is 10.1 Å². The Bertz CT molecular complexity index is 460. The minimum atomic E-state index is 0.0326. The van der Waals surface area contributed by atoms with E-state index in [1.54, 1.807) is 11.3 Å². The summed E-state index contributed by atoms with van der Waals surface area (Å²) < 4.78 is 1.81. The first-order valence-corrected chi connectivity index (χ1v) is 6.18. The number of hydrogen-bond acceptors (Lipinski definition) is 4. The van der Waals surface area contributed by atoms with Crippen LogP contribution in [0.5, 0.6) is 0 Å². The SMILES string of the molecule is Cc1nc(C(N)CCc2cnn(C)c2)cs1. The number of aryl methyl sites for hydroxylation is 3. The zero-order valence-corrected chi connectivity index (χ0v) is 10.4. The Kier molecular flexibility index (Phi) is 3.36. The topological polar surface area (TPSA) is 56.7 Å². The van der Waals surface area contributed by atoms with Gasteiger partial charge in [0, 0.05) is 24.7 Å². The maximum absolute atomic E-state index is 6.08. The van der Waals surface area contributed by atoms with Gasteiger partial charge < -0.3 is 5.73 Å². The van der Waals surface area contributed by atoms with Crippen molar-refractivity contribution >= 4 is 11.3 Å². The summed E-state index contributed by atoms with van der Waals surface area (Å²) >= 11 is 1.65. The lowest BCUT2D eigenvalue weighted by Crippen LogP contribution is -2.11. The van der Waals surface area contributed by atoms with Gasteiger partial charge in [0.15, 0.2) is 0 Å². The van der Waals surface area contributed by atoms with Crippen LogP contribution in [0.25, 0.3) is 0 Å². The monoisotopic (exact) mass is 236 g/mol. The fraction of sp³-hybridized carbons (Fsp3) is 0.455. The molecule has 0 aromatic carbocycles. The predicted molar refractivity (Wildman–Crippen MR) is 65.3 cm³/mol. The molecule has 2 aromatic heterocycles. The lowest BCUT2D eigenvalue weighted by molar-refractivity contribution is 0.635. The lowest BCUT2D eigenvalue weighted by atomic mass is 10.1. The molecule has 2 aromatic rings. The summed E-state index contributed by atoms with van der Waals surface area (Å²) in [4.78, 5) is 4.40. The highest BCUT2D eigenvalue weighted by Crippen LogP contribution is 2.18. The zero-order valence-electron chi connectivity index (χ0n) is 9.55. The van der Waals surface area contributed by atoms with Gasteiger partial charge in [0.05, 0.1) is 16.9 Å². The van der Waals surface area contributed by atoms with Gasteiger partial charge in [-0.1, -0.05) is 0 Å². The molecule has 86 valence electrons. The fourth-order valence-corrected chi connectivity index (χ4v) is 2.30. The third-order valence-electron chi connectivity index (χ3n) is 2.52. The van der Waals surface area contributed by atoms with Gasteiger partial charge in [0.1, 0.15) is 0 Å². The van der Waals surface area contributed by atoms with E-state index in [0.717, 1.165) is 23.5 Å². The highest BCUT2D eigenvalue weighted by atomic mass is 32.1.